The first-order chi connectivity index (χ1) is 18.5. The number of anilines is 1. The number of benzene rings is 1. The summed E-state index contributed by atoms with van der Waals surface area (Å²) in [6, 6.07) is 12.0. The van der Waals surface area contributed by atoms with Gasteiger partial charge in [-0.2, -0.15) is 0 Å². The SMILES string of the molecule is C=CC(=O)[C@H]1COC[C@@H]1NC(=O)C1=C2NC(=O)N(c3ccc(Oc4ccccc4)nc3)C3CCNC(S1)C23. The Balaban J connectivity index is 1.22. The van der Waals surface area contributed by atoms with Crippen molar-refractivity contribution >= 4 is 35.2 Å². The molecule has 196 valence electrons. The number of piperidine rings is 1. The number of rotatable bonds is 7. The lowest BCUT2D eigenvalue weighted by atomic mass is 9.86. The van der Waals surface area contributed by atoms with E-state index in [1.165, 1.54) is 17.8 Å². The smallest absolute Gasteiger partial charge is 0.326 e. The predicted molar refractivity (Wildman–Crippen MR) is 142 cm³/mol. The molecule has 3 fully saturated rings. The third kappa shape index (κ3) is 4.46. The number of nitrogens with one attached hydrogen (secondary N) is 3. The van der Waals surface area contributed by atoms with E-state index in [4.69, 9.17) is 9.47 Å². The molecule has 3 unspecified atom stereocenters. The number of aromatic nitrogens is 1. The number of hydrogen-bond acceptors (Lipinski definition) is 8. The second kappa shape index (κ2) is 10.2. The molecule has 2 aromatic rings. The van der Waals surface area contributed by atoms with Crippen LogP contribution in [-0.4, -0.2) is 59.9 Å². The van der Waals surface area contributed by atoms with E-state index in [2.05, 4.69) is 27.5 Å². The Bertz CT molecular complexity index is 1300. The summed E-state index contributed by atoms with van der Waals surface area (Å²) in [5.41, 5.74) is 1.28. The molecule has 6 rings (SSSR count). The number of ketones is 1. The molecule has 3 N–H and O–H groups in total. The van der Waals surface area contributed by atoms with E-state index in [0.29, 0.717) is 34.5 Å². The van der Waals surface area contributed by atoms with Gasteiger partial charge in [0.2, 0.25) is 5.88 Å². The molecule has 0 radical (unpaired) electrons. The van der Waals surface area contributed by atoms with Crippen molar-refractivity contribution < 1.29 is 23.9 Å². The number of nitrogens with zero attached hydrogens (tertiary/aromatic N) is 2. The average molecular weight is 534 g/mol. The van der Waals surface area contributed by atoms with Crippen LogP contribution in [-0.2, 0) is 14.3 Å². The van der Waals surface area contributed by atoms with Crippen LogP contribution in [0.2, 0.25) is 0 Å². The maximum absolute atomic E-state index is 13.4. The number of para-hydroxylation sites is 1. The zero-order valence-electron chi connectivity index (χ0n) is 20.5. The van der Waals surface area contributed by atoms with Gasteiger partial charge in [-0.05, 0) is 37.2 Å². The summed E-state index contributed by atoms with van der Waals surface area (Å²) < 4.78 is 11.2. The van der Waals surface area contributed by atoms with Gasteiger partial charge in [-0.15, -0.1) is 0 Å². The van der Waals surface area contributed by atoms with Crippen LogP contribution in [0.1, 0.15) is 6.42 Å². The fourth-order valence-corrected chi connectivity index (χ4v) is 6.87. The highest BCUT2D eigenvalue weighted by molar-refractivity contribution is 8.04. The van der Waals surface area contributed by atoms with Crippen molar-refractivity contribution in [2.75, 3.05) is 24.7 Å². The van der Waals surface area contributed by atoms with Crippen molar-refractivity contribution in [3.05, 3.63) is 71.9 Å². The molecule has 5 atom stereocenters. The molecule has 0 aliphatic carbocycles. The zero-order chi connectivity index (χ0) is 26.2. The van der Waals surface area contributed by atoms with E-state index in [1.54, 1.807) is 17.2 Å². The molecule has 3 amide bonds. The summed E-state index contributed by atoms with van der Waals surface area (Å²) in [6.07, 6.45) is 3.62. The number of amides is 3. The molecular formula is C27H27N5O5S. The Morgan fingerprint density at radius 3 is 2.82 bits per heavy atom. The van der Waals surface area contributed by atoms with Gasteiger partial charge in [0.15, 0.2) is 5.78 Å². The molecule has 4 aliphatic heterocycles. The van der Waals surface area contributed by atoms with Crippen LogP contribution in [0.5, 0.6) is 11.6 Å². The number of hydrogen-bond donors (Lipinski definition) is 3. The van der Waals surface area contributed by atoms with Gasteiger partial charge in [0.1, 0.15) is 5.75 Å². The second-order valence-electron chi connectivity index (χ2n) is 9.52. The first kappa shape index (κ1) is 24.7. The molecule has 0 bridgehead atoms. The highest BCUT2D eigenvalue weighted by atomic mass is 32.2. The summed E-state index contributed by atoms with van der Waals surface area (Å²) in [5, 5.41) is 9.36. The maximum Gasteiger partial charge on any atom is 0.326 e. The minimum absolute atomic E-state index is 0.0633. The lowest BCUT2D eigenvalue weighted by Gasteiger charge is -2.45. The maximum atomic E-state index is 13.4. The molecule has 1 aromatic carbocycles. The van der Waals surface area contributed by atoms with Crippen molar-refractivity contribution in [1.29, 1.82) is 0 Å². The molecule has 3 saturated heterocycles. The zero-order valence-corrected chi connectivity index (χ0v) is 21.3. The van der Waals surface area contributed by atoms with Crippen LogP contribution < -0.4 is 25.6 Å². The van der Waals surface area contributed by atoms with Crippen molar-refractivity contribution in [3.63, 3.8) is 0 Å². The molecular weight excluding hydrogens is 506 g/mol. The fraction of sp³-hybridized carbons (Fsp3) is 0.333. The normalized spacial score (nSPS) is 27.9. The van der Waals surface area contributed by atoms with E-state index in [-0.39, 0.29) is 48.3 Å². The summed E-state index contributed by atoms with van der Waals surface area (Å²) in [5.74, 6) is 0.0842. The molecule has 5 heterocycles. The summed E-state index contributed by atoms with van der Waals surface area (Å²) in [7, 11) is 0. The van der Waals surface area contributed by atoms with Gasteiger partial charge >= 0.3 is 6.03 Å². The summed E-state index contributed by atoms with van der Waals surface area (Å²) >= 11 is 1.41. The fourth-order valence-electron chi connectivity index (χ4n) is 5.47. The van der Waals surface area contributed by atoms with Gasteiger partial charge < -0.3 is 25.4 Å². The van der Waals surface area contributed by atoms with Gasteiger partial charge in [-0.3, -0.25) is 14.5 Å². The number of allylic oxidation sites excluding steroid dienone is 1. The lowest BCUT2D eigenvalue weighted by molar-refractivity contribution is -0.120. The van der Waals surface area contributed by atoms with Gasteiger partial charge in [0.05, 0.1) is 53.4 Å². The Hall–Kier alpha value is -3.67. The Morgan fingerprint density at radius 2 is 2.05 bits per heavy atom. The summed E-state index contributed by atoms with van der Waals surface area (Å²) in [4.78, 5) is 45.5. The second-order valence-corrected chi connectivity index (χ2v) is 10.7. The average Bonchev–Trinajstić information content (AvgIpc) is 3.55. The van der Waals surface area contributed by atoms with Crippen LogP contribution in [0.25, 0.3) is 0 Å². The van der Waals surface area contributed by atoms with Gasteiger partial charge in [0.25, 0.3) is 5.91 Å². The van der Waals surface area contributed by atoms with Crippen LogP contribution in [0.3, 0.4) is 0 Å². The molecule has 4 aliphatic rings. The minimum Gasteiger partial charge on any atom is -0.439 e. The van der Waals surface area contributed by atoms with Crippen LogP contribution >= 0.6 is 11.8 Å². The van der Waals surface area contributed by atoms with Gasteiger partial charge in [-0.1, -0.05) is 36.5 Å². The van der Waals surface area contributed by atoms with E-state index in [9.17, 15) is 14.4 Å². The minimum atomic E-state index is -0.459. The van der Waals surface area contributed by atoms with E-state index >= 15 is 0 Å². The van der Waals surface area contributed by atoms with Gasteiger partial charge in [0, 0.05) is 17.7 Å². The number of carbonyl (C=O) groups excluding carboxylic acids is 3. The Kier molecular flexibility index (Phi) is 6.64. The number of urea groups is 1. The standard InChI is InChI=1S/C27H27N5O5S/c1-2-20(33)17-13-36-14-18(17)30-25(34)24-23-22-19(10-11-28-26(22)38-24)32(27(35)31-23)15-8-9-21(29-12-15)37-16-6-4-3-5-7-16/h2-9,12,17-19,22,26,28H,1,10-11,13-14H2,(H,30,34)(H,31,35)/t17-,18-,19?,22?,26?/m0/s1. The number of carbonyl (C=O) groups is 3. The molecule has 0 saturated carbocycles. The topological polar surface area (TPSA) is 122 Å². The molecule has 1 aromatic heterocycles. The van der Waals surface area contributed by atoms with Crippen LogP contribution in [0.15, 0.2) is 71.9 Å². The highest BCUT2D eigenvalue weighted by Crippen LogP contribution is 2.48. The van der Waals surface area contributed by atoms with Crippen molar-refractivity contribution in [2.45, 2.75) is 23.9 Å². The number of ether oxygens (including phenoxy) is 2. The lowest BCUT2D eigenvalue weighted by Crippen LogP contribution is -2.62. The molecule has 11 heteroatoms. The highest BCUT2D eigenvalue weighted by Gasteiger charge is 2.52. The van der Waals surface area contributed by atoms with Crippen molar-refractivity contribution in [1.82, 2.24) is 20.9 Å². The van der Waals surface area contributed by atoms with Crippen molar-refractivity contribution in [3.8, 4) is 11.6 Å². The Labute approximate surface area is 223 Å². The first-order valence-electron chi connectivity index (χ1n) is 12.5. The van der Waals surface area contributed by atoms with Crippen LogP contribution in [0, 0.1) is 11.8 Å². The van der Waals surface area contributed by atoms with Gasteiger partial charge in [-0.25, -0.2) is 9.78 Å². The molecule has 0 spiro atoms. The number of thioether (sulfide) groups is 1. The third-order valence-corrected chi connectivity index (χ3v) is 8.63. The molecule has 10 nitrogen and oxygen atoms in total. The quantitative estimate of drug-likeness (QED) is 0.465. The first-order valence-corrected chi connectivity index (χ1v) is 13.4. The van der Waals surface area contributed by atoms with E-state index in [0.717, 1.165) is 6.42 Å². The summed E-state index contributed by atoms with van der Waals surface area (Å²) in [6.45, 7) is 4.76. The van der Waals surface area contributed by atoms with Crippen LogP contribution in [0.4, 0.5) is 10.5 Å². The molecule has 38 heavy (non-hydrogen) atoms. The number of pyridine rings is 1. The van der Waals surface area contributed by atoms with E-state index < -0.39 is 12.0 Å². The largest absolute Gasteiger partial charge is 0.439 e. The third-order valence-electron chi connectivity index (χ3n) is 7.28. The van der Waals surface area contributed by atoms with E-state index in [1.807, 2.05) is 36.4 Å². The monoisotopic (exact) mass is 533 g/mol. The van der Waals surface area contributed by atoms with Crippen molar-refractivity contribution in [2.24, 2.45) is 11.8 Å². The predicted octanol–water partition coefficient (Wildman–Crippen LogP) is 2.55. The Morgan fingerprint density at radius 1 is 1.21 bits per heavy atom.